The summed E-state index contributed by atoms with van der Waals surface area (Å²) in [5, 5.41) is 11.4. The highest BCUT2D eigenvalue weighted by Gasteiger charge is 2.18. The summed E-state index contributed by atoms with van der Waals surface area (Å²) in [6.07, 6.45) is 2.84. The standard InChI is InChI=1S/C11H8N2O3/c12-7-8(9-3-1-5-15-9)13-11(14)10-4-2-6-16-10/h1-6,8H,(H,13,14). The van der Waals surface area contributed by atoms with Gasteiger partial charge in [0, 0.05) is 0 Å². The summed E-state index contributed by atoms with van der Waals surface area (Å²) in [6.45, 7) is 0. The Bertz CT molecular complexity index is 494. The molecule has 2 aromatic heterocycles. The van der Waals surface area contributed by atoms with Crippen LogP contribution < -0.4 is 5.32 Å². The number of hydrogen-bond acceptors (Lipinski definition) is 4. The molecule has 1 atom stereocenters. The molecule has 0 saturated heterocycles. The number of nitriles is 1. The molecule has 0 aliphatic heterocycles. The first-order valence-electron chi connectivity index (χ1n) is 4.58. The summed E-state index contributed by atoms with van der Waals surface area (Å²) < 4.78 is 9.94. The number of nitrogens with zero attached hydrogens (tertiary/aromatic N) is 1. The SMILES string of the molecule is N#CC(NC(=O)c1ccco1)c1ccco1. The average Bonchev–Trinajstić information content (AvgIpc) is 2.96. The second-order valence-electron chi connectivity index (χ2n) is 3.03. The molecule has 1 N–H and O–H groups in total. The summed E-state index contributed by atoms with van der Waals surface area (Å²) in [5.41, 5.74) is 0. The summed E-state index contributed by atoms with van der Waals surface area (Å²) in [5.74, 6) is 0.0992. The summed E-state index contributed by atoms with van der Waals surface area (Å²) in [7, 11) is 0. The van der Waals surface area contributed by atoms with Gasteiger partial charge in [-0.3, -0.25) is 4.79 Å². The fraction of sp³-hybridized carbons (Fsp3) is 0.0909. The molecule has 16 heavy (non-hydrogen) atoms. The van der Waals surface area contributed by atoms with Gasteiger partial charge in [0.05, 0.1) is 18.6 Å². The fourth-order valence-electron chi connectivity index (χ4n) is 1.23. The van der Waals surface area contributed by atoms with Crippen LogP contribution in [-0.4, -0.2) is 5.91 Å². The van der Waals surface area contributed by atoms with Gasteiger partial charge in [0.15, 0.2) is 11.8 Å². The quantitative estimate of drug-likeness (QED) is 0.849. The third-order valence-electron chi connectivity index (χ3n) is 1.98. The van der Waals surface area contributed by atoms with Crippen molar-refractivity contribution in [2.75, 3.05) is 0 Å². The van der Waals surface area contributed by atoms with E-state index in [9.17, 15) is 4.79 Å². The minimum atomic E-state index is -0.812. The van der Waals surface area contributed by atoms with Crippen molar-refractivity contribution in [3.63, 3.8) is 0 Å². The van der Waals surface area contributed by atoms with Crippen LogP contribution in [0.2, 0.25) is 0 Å². The van der Waals surface area contributed by atoms with E-state index in [1.165, 1.54) is 18.6 Å². The lowest BCUT2D eigenvalue weighted by Crippen LogP contribution is -2.26. The molecule has 0 aromatic carbocycles. The minimum absolute atomic E-state index is 0.159. The van der Waals surface area contributed by atoms with Gasteiger partial charge in [-0.2, -0.15) is 5.26 Å². The molecule has 5 nitrogen and oxygen atoms in total. The lowest BCUT2D eigenvalue weighted by Gasteiger charge is -2.06. The molecule has 0 radical (unpaired) electrons. The second kappa shape index (κ2) is 4.36. The Morgan fingerprint density at radius 2 is 2.06 bits per heavy atom. The largest absolute Gasteiger partial charge is 0.466 e. The van der Waals surface area contributed by atoms with Gasteiger partial charge < -0.3 is 14.2 Å². The second-order valence-corrected chi connectivity index (χ2v) is 3.03. The Morgan fingerprint density at radius 3 is 2.62 bits per heavy atom. The van der Waals surface area contributed by atoms with Gasteiger partial charge in [0.1, 0.15) is 5.76 Å². The van der Waals surface area contributed by atoms with Gasteiger partial charge in [0.2, 0.25) is 0 Å². The summed E-state index contributed by atoms with van der Waals surface area (Å²) >= 11 is 0. The Kier molecular flexibility index (Phi) is 2.74. The highest BCUT2D eigenvalue weighted by Crippen LogP contribution is 2.13. The predicted molar refractivity (Wildman–Crippen MR) is 53.2 cm³/mol. The van der Waals surface area contributed by atoms with Gasteiger partial charge >= 0.3 is 0 Å². The minimum Gasteiger partial charge on any atom is -0.466 e. The maximum absolute atomic E-state index is 11.6. The maximum atomic E-state index is 11.6. The number of carbonyl (C=O) groups is 1. The van der Waals surface area contributed by atoms with Gasteiger partial charge in [-0.05, 0) is 24.3 Å². The molecular weight excluding hydrogens is 208 g/mol. The van der Waals surface area contributed by atoms with E-state index in [4.69, 9.17) is 14.1 Å². The van der Waals surface area contributed by atoms with E-state index in [1.54, 1.807) is 18.2 Å². The molecule has 0 aliphatic carbocycles. The van der Waals surface area contributed by atoms with E-state index in [1.807, 2.05) is 6.07 Å². The van der Waals surface area contributed by atoms with Crippen LogP contribution in [0.15, 0.2) is 45.6 Å². The number of rotatable bonds is 3. The van der Waals surface area contributed by atoms with Crippen molar-refractivity contribution in [1.29, 1.82) is 5.26 Å². The zero-order valence-electron chi connectivity index (χ0n) is 8.21. The van der Waals surface area contributed by atoms with Crippen LogP contribution in [0.5, 0.6) is 0 Å². The molecule has 1 amide bonds. The highest BCUT2D eigenvalue weighted by molar-refractivity contribution is 5.91. The first-order chi connectivity index (χ1) is 7.81. The van der Waals surface area contributed by atoms with Crippen molar-refractivity contribution in [1.82, 2.24) is 5.32 Å². The molecular formula is C11H8N2O3. The lowest BCUT2D eigenvalue weighted by molar-refractivity contribution is 0.0913. The van der Waals surface area contributed by atoms with Gasteiger partial charge in [-0.15, -0.1) is 0 Å². The van der Waals surface area contributed by atoms with E-state index >= 15 is 0 Å². The molecule has 0 spiro atoms. The number of furan rings is 2. The molecule has 2 heterocycles. The van der Waals surface area contributed by atoms with E-state index in [0.29, 0.717) is 5.76 Å². The van der Waals surface area contributed by atoms with Crippen molar-refractivity contribution in [3.05, 3.63) is 48.3 Å². The molecule has 0 saturated carbocycles. The zero-order valence-corrected chi connectivity index (χ0v) is 8.21. The molecule has 1 unspecified atom stereocenters. The van der Waals surface area contributed by atoms with Gasteiger partial charge in [-0.25, -0.2) is 0 Å². The molecule has 2 rings (SSSR count). The third-order valence-corrected chi connectivity index (χ3v) is 1.98. The molecule has 0 aliphatic rings. The Labute approximate surface area is 91.3 Å². The Balaban J connectivity index is 2.09. The maximum Gasteiger partial charge on any atom is 0.288 e. The first-order valence-corrected chi connectivity index (χ1v) is 4.58. The van der Waals surface area contributed by atoms with Crippen molar-refractivity contribution >= 4 is 5.91 Å². The van der Waals surface area contributed by atoms with Crippen LogP contribution in [0.4, 0.5) is 0 Å². The normalized spacial score (nSPS) is 11.7. The van der Waals surface area contributed by atoms with Crippen LogP contribution >= 0.6 is 0 Å². The zero-order chi connectivity index (χ0) is 11.4. The molecule has 0 fully saturated rings. The molecule has 0 bridgehead atoms. The predicted octanol–water partition coefficient (Wildman–Crippen LogP) is 1.87. The van der Waals surface area contributed by atoms with Crippen molar-refractivity contribution in [3.8, 4) is 6.07 Å². The average molecular weight is 216 g/mol. The van der Waals surface area contributed by atoms with E-state index < -0.39 is 11.9 Å². The van der Waals surface area contributed by atoms with Crippen molar-refractivity contribution in [2.45, 2.75) is 6.04 Å². The van der Waals surface area contributed by atoms with E-state index in [-0.39, 0.29) is 5.76 Å². The van der Waals surface area contributed by atoms with Crippen LogP contribution in [0.1, 0.15) is 22.4 Å². The van der Waals surface area contributed by atoms with E-state index in [0.717, 1.165) is 0 Å². The Hall–Kier alpha value is -2.48. The monoisotopic (exact) mass is 216 g/mol. The number of amides is 1. The van der Waals surface area contributed by atoms with Crippen LogP contribution in [0.3, 0.4) is 0 Å². The number of hydrogen-bond donors (Lipinski definition) is 1. The molecule has 2 aromatic rings. The number of carbonyl (C=O) groups excluding carboxylic acids is 1. The van der Waals surface area contributed by atoms with E-state index in [2.05, 4.69) is 5.32 Å². The third kappa shape index (κ3) is 1.96. The molecule has 5 heteroatoms. The van der Waals surface area contributed by atoms with Crippen LogP contribution in [0, 0.1) is 11.3 Å². The smallest absolute Gasteiger partial charge is 0.288 e. The highest BCUT2D eigenvalue weighted by atomic mass is 16.3. The summed E-state index contributed by atoms with van der Waals surface area (Å²) in [6, 6.07) is 7.51. The lowest BCUT2D eigenvalue weighted by atomic mass is 10.2. The number of nitrogens with one attached hydrogen (secondary N) is 1. The first kappa shape index (κ1) is 10.1. The van der Waals surface area contributed by atoms with Crippen molar-refractivity contribution in [2.24, 2.45) is 0 Å². The topological polar surface area (TPSA) is 79.2 Å². The molecule has 80 valence electrons. The summed E-state index contributed by atoms with van der Waals surface area (Å²) in [4.78, 5) is 11.6. The van der Waals surface area contributed by atoms with Gasteiger partial charge in [-0.1, -0.05) is 0 Å². The van der Waals surface area contributed by atoms with Gasteiger partial charge in [0.25, 0.3) is 5.91 Å². The van der Waals surface area contributed by atoms with Crippen molar-refractivity contribution < 1.29 is 13.6 Å². The Morgan fingerprint density at radius 1 is 1.31 bits per heavy atom. The fourth-order valence-corrected chi connectivity index (χ4v) is 1.23. The van der Waals surface area contributed by atoms with Crippen LogP contribution in [-0.2, 0) is 0 Å². The van der Waals surface area contributed by atoms with Crippen LogP contribution in [0.25, 0.3) is 0 Å².